The zero-order valence-corrected chi connectivity index (χ0v) is 11.5. The van der Waals surface area contributed by atoms with Crippen LogP contribution >= 0.6 is 11.6 Å². The highest BCUT2D eigenvalue weighted by Gasteiger charge is 2.21. The molecule has 0 aliphatic rings. The Bertz CT molecular complexity index is 630. The van der Waals surface area contributed by atoms with Crippen molar-refractivity contribution in [1.29, 1.82) is 0 Å². The van der Waals surface area contributed by atoms with Gasteiger partial charge < -0.3 is 9.47 Å². The molecule has 0 bridgehead atoms. The minimum atomic E-state index is -0.568. The van der Waals surface area contributed by atoms with E-state index < -0.39 is 4.92 Å². The molecule has 0 atom stereocenters. The minimum Gasteiger partial charge on any atom is -0.490 e. The molecule has 0 aliphatic carbocycles. The first-order valence-electron chi connectivity index (χ1n) is 5.96. The van der Waals surface area contributed by atoms with Gasteiger partial charge in [-0.05, 0) is 31.2 Å². The van der Waals surface area contributed by atoms with Crippen LogP contribution < -0.4 is 9.47 Å². The molecule has 0 radical (unpaired) electrons. The van der Waals surface area contributed by atoms with Crippen molar-refractivity contribution < 1.29 is 14.4 Å². The van der Waals surface area contributed by atoms with E-state index in [1.807, 2.05) is 6.92 Å². The van der Waals surface area contributed by atoms with E-state index in [-0.39, 0.29) is 16.5 Å². The second kappa shape index (κ2) is 6.25. The number of ether oxygens (including phenoxy) is 2. The standard InChI is InChI=1S/C14H12ClNO4/c1-2-19-11-7-3-4-8-12(11)20-13-9-5-6-10(15)14(13)16(17)18/h3-9H,2H2,1H3. The van der Waals surface area contributed by atoms with Gasteiger partial charge in [0.2, 0.25) is 5.75 Å². The third kappa shape index (κ3) is 3.00. The Morgan fingerprint density at radius 1 is 1.10 bits per heavy atom. The van der Waals surface area contributed by atoms with E-state index in [2.05, 4.69) is 0 Å². The Balaban J connectivity index is 2.40. The lowest BCUT2D eigenvalue weighted by molar-refractivity contribution is -0.385. The largest absolute Gasteiger partial charge is 0.490 e. The van der Waals surface area contributed by atoms with Crippen molar-refractivity contribution in [3.63, 3.8) is 0 Å². The van der Waals surface area contributed by atoms with Crippen LogP contribution in [0, 0.1) is 10.1 Å². The molecule has 0 saturated carbocycles. The van der Waals surface area contributed by atoms with Gasteiger partial charge in [-0.1, -0.05) is 29.8 Å². The second-order valence-electron chi connectivity index (χ2n) is 3.83. The summed E-state index contributed by atoms with van der Waals surface area (Å²) >= 11 is 5.84. The molecule has 0 saturated heterocycles. The average molecular weight is 294 g/mol. The first-order valence-corrected chi connectivity index (χ1v) is 6.34. The van der Waals surface area contributed by atoms with Gasteiger partial charge in [-0.3, -0.25) is 10.1 Å². The van der Waals surface area contributed by atoms with Crippen molar-refractivity contribution in [2.45, 2.75) is 6.92 Å². The SMILES string of the molecule is CCOc1ccccc1Oc1cccc(Cl)c1[N+](=O)[O-]. The van der Waals surface area contributed by atoms with Crippen LogP contribution in [-0.4, -0.2) is 11.5 Å². The fourth-order valence-corrected chi connectivity index (χ4v) is 1.92. The highest BCUT2D eigenvalue weighted by Crippen LogP contribution is 2.39. The van der Waals surface area contributed by atoms with Gasteiger partial charge in [-0.2, -0.15) is 0 Å². The van der Waals surface area contributed by atoms with E-state index in [0.717, 1.165) is 0 Å². The van der Waals surface area contributed by atoms with Crippen molar-refractivity contribution >= 4 is 17.3 Å². The number of rotatable bonds is 5. The number of nitrogens with zero attached hydrogens (tertiary/aromatic N) is 1. The molecular weight excluding hydrogens is 282 g/mol. The third-order valence-electron chi connectivity index (χ3n) is 2.50. The highest BCUT2D eigenvalue weighted by atomic mass is 35.5. The smallest absolute Gasteiger partial charge is 0.329 e. The summed E-state index contributed by atoms with van der Waals surface area (Å²) in [5.74, 6) is 0.999. The molecule has 0 aliphatic heterocycles. The van der Waals surface area contributed by atoms with E-state index in [1.165, 1.54) is 12.1 Å². The molecule has 0 fully saturated rings. The Hall–Kier alpha value is -2.27. The van der Waals surface area contributed by atoms with Gasteiger partial charge in [0.25, 0.3) is 0 Å². The lowest BCUT2D eigenvalue weighted by Crippen LogP contribution is -1.97. The molecule has 2 aromatic carbocycles. The van der Waals surface area contributed by atoms with Gasteiger partial charge >= 0.3 is 5.69 Å². The summed E-state index contributed by atoms with van der Waals surface area (Å²) < 4.78 is 11.0. The van der Waals surface area contributed by atoms with Gasteiger partial charge in [0.15, 0.2) is 11.5 Å². The van der Waals surface area contributed by atoms with Crippen molar-refractivity contribution in [1.82, 2.24) is 0 Å². The van der Waals surface area contributed by atoms with E-state index in [4.69, 9.17) is 21.1 Å². The Labute approximate surface area is 120 Å². The Morgan fingerprint density at radius 3 is 2.40 bits per heavy atom. The summed E-state index contributed by atoms with van der Waals surface area (Å²) in [6.45, 7) is 2.32. The number of halogens is 1. The molecule has 0 amide bonds. The van der Waals surface area contributed by atoms with Crippen molar-refractivity contribution in [3.8, 4) is 17.2 Å². The monoisotopic (exact) mass is 293 g/mol. The fourth-order valence-electron chi connectivity index (χ4n) is 1.68. The molecule has 6 heteroatoms. The van der Waals surface area contributed by atoms with Crippen LogP contribution in [0.2, 0.25) is 5.02 Å². The van der Waals surface area contributed by atoms with Crippen LogP contribution in [0.3, 0.4) is 0 Å². The van der Waals surface area contributed by atoms with Gasteiger partial charge in [-0.15, -0.1) is 0 Å². The highest BCUT2D eigenvalue weighted by molar-refractivity contribution is 6.32. The maximum absolute atomic E-state index is 11.1. The third-order valence-corrected chi connectivity index (χ3v) is 2.81. The normalized spacial score (nSPS) is 10.1. The molecule has 0 spiro atoms. The topological polar surface area (TPSA) is 61.6 Å². The predicted octanol–water partition coefficient (Wildman–Crippen LogP) is 4.44. The molecule has 104 valence electrons. The van der Waals surface area contributed by atoms with Crippen LogP contribution in [-0.2, 0) is 0 Å². The maximum Gasteiger partial charge on any atom is 0.329 e. The number of hydrogen-bond donors (Lipinski definition) is 0. The minimum absolute atomic E-state index is 0.0291. The summed E-state index contributed by atoms with van der Waals surface area (Å²) in [7, 11) is 0. The van der Waals surface area contributed by atoms with Crippen LogP contribution in [0.25, 0.3) is 0 Å². The molecule has 0 N–H and O–H groups in total. The number of para-hydroxylation sites is 3. The zero-order valence-electron chi connectivity index (χ0n) is 10.7. The number of hydrogen-bond acceptors (Lipinski definition) is 4. The van der Waals surface area contributed by atoms with Crippen LogP contribution in [0.1, 0.15) is 6.92 Å². The second-order valence-corrected chi connectivity index (χ2v) is 4.23. The molecular formula is C14H12ClNO4. The fraction of sp³-hybridized carbons (Fsp3) is 0.143. The van der Waals surface area contributed by atoms with Crippen molar-refractivity contribution in [2.75, 3.05) is 6.61 Å². The average Bonchev–Trinajstić information content (AvgIpc) is 2.41. The van der Waals surface area contributed by atoms with Gasteiger partial charge in [0.1, 0.15) is 5.02 Å². The molecule has 2 aromatic rings. The van der Waals surface area contributed by atoms with Gasteiger partial charge in [0.05, 0.1) is 11.5 Å². The van der Waals surface area contributed by atoms with Crippen LogP contribution in [0.5, 0.6) is 17.2 Å². The molecule has 0 heterocycles. The lowest BCUT2D eigenvalue weighted by Gasteiger charge is -2.11. The number of nitro groups is 1. The number of nitro benzene ring substituents is 1. The van der Waals surface area contributed by atoms with E-state index in [9.17, 15) is 10.1 Å². The first-order chi connectivity index (χ1) is 9.63. The van der Waals surface area contributed by atoms with E-state index in [1.54, 1.807) is 30.3 Å². The van der Waals surface area contributed by atoms with Crippen LogP contribution in [0.15, 0.2) is 42.5 Å². The summed E-state index contributed by atoms with van der Waals surface area (Å²) in [5.41, 5.74) is -0.263. The van der Waals surface area contributed by atoms with Gasteiger partial charge in [-0.25, -0.2) is 0 Å². The van der Waals surface area contributed by atoms with Crippen molar-refractivity contribution in [3.05, 3.63) is 57.6 Å². The summed E-state index contributed by atoms with van der Waals surface area (Å²) in [4.78, 5) is 10.5. The molecule has 2 rings (SSSR count). The lowest BCUT2D eigenvalue weighted by atomic mass is 10.3. The zero-order chi connectivity index (χ0) is 14.5. The Morgan fingerprint density at radius 2 is 1.75 bits per heavy atom. The van der Waals surface area contributed by atoms with Gasteiger partial charge in [0, 0.05) is 0 Å². The Kier molecular flexibility index (Phi) is 4.42. The summed E-state index contributed by atoms with van der Waals surface area (Å²) in [6.07, 6.45) is 0. The predicted molar refractivity (Wildman–Crippen MR) is 75.8 cm³/mol. The molecule has 5 nitrogen and oxygen atoms in total. The summed E-state index contributed by atoms with van der Waals surface area (Å²) in [5, 5.41) is 11.1. The maximum atomic E-state index is 11.1. The quantitative estimate of drug-likeness (QED) is 0.604. The molecule has 20 heavy (non-hydrogen) atoms. The van der Waals surface area contributed by atoms with Crippen LogP contribution in [0.4, 0.5) is 5.69 Å². The molecule has 0 unspecified atom stereocenters. The van der Waals surface area contributed by atoms with Crippen molar-refractivity contribution in [2.24, 2.45) is 0 Å². The molecule has 0 aromatic heterocycles. The first kappa shape index (κ1) is 14.1. The summed E-state index contributed by atoms with van der Waals surface area (Å²) in [6, 6.07) is 11.5. The van der Waals surface area contributed by atoms with E-state index in [0.29, 0.717) is 18.1 Å². The number of benzene rings is 2. The van der Waals surface area contributed by atoms with E-state index >= 15 is 0 Å².